The first-order chi connectivity index (χ1) is 22.9. The minimum atomic E-state index is -2.85. The fraction of sp³-hybridized carbons (Fsp3) is 0.643. The van der Waals surface area contributed by atoms with Crippen molar-refractivity contribution < 1.29 is 83.5 Å². The Morgan fingerprint density at radius 2 is 1.61 bits per heavy atom. The first-order valence-corrected chi connectivity index (χ1v) is 14.8. The smallest absolute Gasteiger partial charge is 0.364 e. The van der Waals surface area contributed by atoms with Gasteiger partial charge in [0.05, 0.1) is 23.7 Å². The fourth-order valence-corrected chi connectivity index (χ4v) is 5.11. The average Bonchev–Trinajstić information content (AvgIpc) is 3.02. The van der Waals surface area contributed by atoms with E-state index in [4.69, 9.17) is 18.9 Å². The van der Waals surface area contributed by atoms with Crippen LogP contribution < -0.4 is 15.4 Å². The van der Waals surface area contributed by atoms with Gasteiger partial charge in [-0.25, -0.2) is 9.59 Å². The van der Waals surface area contributed by atoms with Crippen LogP contribution in [0.15, 0.2) is 24.3 Å². The zero-order chi connectivity index (χ0) is 36.8. The van der Waals surface area contributed by atoms with Crippen molar-refractivity contribution in [3.05, 3.63) is 34.4 Å². The Morgan fingerprint density at radius 3 is 2.14 bits per heavy atom. The maximum atomic E-state index is 12.6. The van der Waals surface area contributed by atoms with Gasteiger partial charge in [0.1, 0.15) is 61.1 Å². The lowest BCUT2D eigenvalue weighted by atomic mass is 9.88. The van der Waals surface area contributed by atoms with Gasteiger partial charge in [-0.15, -0.1) is 0 Å². The number of hydrogen-bond acceptors (Lipinski definition) is 17. The summed E-state index contributed by atoms with van der Waals surface area (Å²) >= 11 is 0. The molecule has 2 aliphatic rings. The largest absolute Gasteiger partial charge is 0.477 e. The second-order valence-corrected chi connectivity index (χ2v) is 11.4. The van der Waals surface area contributed by atoms with Crippen LogP contribution in [0.5, 0.6) is 5.75 Å². The number of carboxylic acids is 1. The maximum absolute atomic E-state index is 12.6. The molecule has 2 heterocycles. The summed E-state index contributed by atoms with van der Waals surface area (Å²) < 4.78 is 27.2. The zero-order valence-corrected chi connectivity index (χ0v) is 26.4. The molecule has 2 amide bonds. The number of aliphatic carboxylic acids is 1. The molecule has 21 nitrogen and oxygen atoms in total. The molecule has 0 saturated carbocycles. The number of amides is 2. The molecule has 0 aliphatic carbocycles. The molecule has 12 atom stereocenters. The van der Waals surface area contributed by atoms with Crippen molar-refractivity contribution in [3.8, 4) is 5.75 Å². The summed E-state index contributed by atoms with van der Waals surface area (Å²) in [4.78, 5) is 58.3. The van der Waals surface area contributed by atoms with Crippen molar-refractivity contribution in [2.45, 2.75) is 100 Å². The number of nitrogens with zero attached hydrogens (tertiary/aromatic N) is 1. The molecule has 21 heteroatoms. The number of non-ortho nitro benzene ring substituents is 1. The number of nitrogens with one attached hydrogen (secondary N) is 2. The average molecular weight is 706 g/mol. The summed E-state index contributed by atoms with van der Waals surface area (Å²) in [6, 6.07) is 1.65. The van der Waals surface area contributed by atoms with Gasteiger partial charge >= 0.3 is 11.9 Å². The number of rotatable bonds is 14. The highest BCUT2D eigenvalue weighted by atomic mass is 16.7. The van der Waals surface area contributed by atoms with Crippen LogP contribution in [-0.4, -0.2) is 151 Å². The van der Waals surface area contributed by atoms with Gasteiger partial charge in [0.2, 0.25) is 18.1 Å². The minimum Gasteiger partial charge on any atom is -0.477 e. The van der Waals surface area contributed by atoms with E-state index in [-0.39, 0.29) is 11.4 Å². The molecule has 1 aromatic carbocycles. The molecule has 0 spiro atoms. The van der Waals surface area contributed by atoms with Gasteiger partial charge in [0.25, 0.3) is 11.5 Å². The molecule has 2 saturated heterocycles. The number of ether oxygens (including phenoxy) is 5. The predicted molar refractivity (Wildman–Crippen MR) is 156 cm³/mol. The third-order valence-corrected chi connectivity index (χ3v) is 7.59. The summed E-state index contributed by atoms with van der Waals surface area (Å²) in [6.07, 6.45) is -17.3. The van der Waals surface area contributed by atoms with Gasteiger partial charge in [-0.05, 0) is 19.1 Å². The van der Waals surface area contributed by atoms with Crippen molar-refractivity contribution in [1.29, 1.82) is 0 Å². The number of carboxylic acid groups (broad SMARTS) is 1. The van der Waals surface area contributed by atoms with Crippen molar-refractivity contribution in [1.82, 2.24) is 10.6 Å². The quantitative estimate of drug-likeness (QED) is 0.0506. The Labute approximate surface area is 277 Å². The lowest BCUT2D eigenvalue weighted by Crippen LogP contribution is -2.69. The SMILES string of the molecule is CC(=O)NC1C(O)[C@@H](O)C(CO[C@]2(C(=O)O)C[C@@H](O)[C@@H](NC(C)=O)C([C@H](O)[C@H](O)COC(=O)[C@H](C)O)O2)O[C@H]1Oc1ccc([N+](=O)[O-])cc1. The summed E-state index contributed by atoms with van der Waals surface area (Å²) in [5.41, 5.74) is -0.275. The van der Waals surface area contributed by atoms with E-state index >= 15 is 0 Å². The molecule has 2 fully saturated rings. The van der Waals surface area contributed by atoms with E-state index in [0.29, 0.717) is 0 Å². The third kappa shape index (κ3) is 9.77. The van der Waals surface area contributed by atoms with Crippen molar-refractivity contribution in [2.75, 3.05) is 13.2 Å². The van der Waals surface area contributed by atoms with Crippen LogP contribution >= 0.6 is 0 Å². The van der Waals surface area contributed by atoms with Crippen molar-refractivity contribution in [3.63, 3.8) is 0 Å². The van der Waals surface area contributed by atoms with Crippen LogP contribution in [-0.2, 0) is 38.1 Å². The standard InChI is InChI=1S/C28H39N3O18/c1-11(32)25(40)45-9-17(36)21(37)24-19(29-12(2)33)16(35)8-28(49-24,27(41)42)46-10-18-22(38)23(39)20(30-13(3)34)26(48-18)47-15-6-4-14(5-7-15)31(43)44/h4-7,11,16-24,26,32,35-39H,8-10H2,1-3H3,(H,29,33)(H,30,34)(H,41,42)/t11-,16+,17+,18?,19+,20?,21+,22-,23?,24?,26+,28+/m0/s1. The number of carbonyl (C=O) groups is 4. The van der Waals surface area contributed by atoms with Gasteiger partial charge in [-0.3, -0.25) is 19.7 Å². The number of nitro groups is 1. The monoisotopic (exact) mass is 705 g/mol. The summed E-state index contributed by atoms with van der Waals surface area (Å²) in [5.74, 6) is -7.32. The van der Waals surface area contributed by atoms with Crippen LogP contribution in [0.25, 0.3) is 0 Å². The van der Waals surface area contributed by atoms with Gasteiger partial charge < -0.3 is 70.1 Å². The molecule has 9 N–H and O–H groups in total. The van der Waals surface area contributed by atoms with Gasteiger partial charge in [0.15, 0.2) is 0 Å². The molecule has 2 aliphatic heterocycles. The van der Waals surface area contributed by atoms with Crippen molar-refractivity contribution in [2.24, 2.45) is 0 Å². The second-order valence-electron chi connectivity index (χ2n) is 11.4. The van der Waals surface area contributed by atoms with E-state index in [9.17, 15) is 65.0 Å². The van der Waals surface area contributed by atoms with E-state index in [2.05, 4.69) is 15.4 Å². The molecule has 49 heavy (non-hydrogen) atoms. The number of nitro benzene ring substituents is 1. The number of carbonyl (C=O) groups excluding carboxylic acids is 3. The van der Waals surface area contributed by atoms with Gasteiger partial charge in [-0.1, -0.05) is 0 Å². The third-order valence-electron chi connectivity index (χ3n) is 7.59. The normalized spacial score (nSPS) is 31.8. The Hall–Kier alpha value is -4.06. The summed E-state index contributed by atoms with van der Waals surface area (Å²) in [7, 11) is 0. The first kappa shape index (κ1) is 39.4. The number of hydrogen-bond donors (Lipinski definition) is 9. The fourth-order valence-electron chi connectivity index (χ4n) is 5.11. The molecular weight excluding hydrogens is 666 g/mol. The first-order valence-electron chi connectivity index (χ1n) is 14.8. The zero-order valence-electron chi connectivity index (χ0n) is 26.4. The summed E-state index contributed by atoms with van der Waals surface area (Å²) in [6.45, 7) is 1.40. The van der Waals surface area contributed by atoms with E-state index in [1.807, 2.05) is 0 Å². The van der Waals surface area contributed by atoms with Crippen LogP contribution in [0.2, 0.25) is 0 Å². The number of esters is 1. The molecule has 274 valence electrons. The second kappa shape index (κ2) is 16.6. The lowest BCUT2D eigenvalue weighted by Gasteiger charge is -2.47. The molecule has 0 aromatic heterocycles. The molecule has 0 bridgehead atoms. The highest BCUT2D eigenvalue weighted by Crippen LogP contribution is 2.35. The highest BCUT2D eigenvalue weighted by Gasteiger charge is 2.57. The predicted octanol–water partition coefficient (Wildman–Crippen LogP) is -3.98. The number of aliphatic hydroxyl groups excluding tert-OH is 6. The van der Waals surface area contributed by atoms with E-state index in [1.165, 1.54) is 12.1 Å². The molecule has 4 unspecified atom stereocenters. The molecule has 0 radical (unpaired) electrons. The van der Waals surface area contributed by atoms with E-state index in [0.717, 1.165) is 32.9 Å². The Balaban J connectivity index is 1.86. The lowest BCUT2D eigenvalue weighted by molar-refractivity contribution is -0.384. The number of benzene rings is 1. The van der Waals surface area contributed by atoms with Gasteiger partial charge in [-0.2, -0.15) is 0 Å². The Kier molecular flexibility index (Phi) is 13.3. The van der Waals surface area contributed by atoms with E-state index < -0.39 is 121 Å². The van der Waals surface area contributed by atoms with Crippen LogP contribution in [0.3, 0.4) is 0 Å². The highest BCUT2D eigenvalue weighted by molar-refractivity contribution is 5.77. The molecular formula is C28H39N3O18. The van der Waals surface area contributed by atoms with Crippen LogP contribution in [0.4, 0.5) is 5.69 Å². The van der Waals surface area contributed by atoms with Crippen LogP contribution in [0.1, 0.15) is 27.2 Å². The van der Waals surface area contributed by atoms with Crippen molar-refractivity contribution >= 4 is 29.4 Å². The molecule has 3 rings (SSSR count). The Bertz CT molecular complexity index is 1350. The maximum Gasteiger partial charge on any atom is 0.364 e. The van der Waals surface area contributed by atoms with Crippen LogP contribution in [0, 0.1) is 10.1 Å². The Morgan fingerprint density at radius 1 is 1.02 bits per heavy atom. The summed E-state index contributed by atoms with van der Waals surface area (Å²) in [5, 5.41) is 89.2. The van der Waals surface area contributed by atoms with E-state index in [1.54, 1.807) is 0 Å². The minimum absolute atomic E-state index is 0.0199. The number of aliphatic hydroxyl groups is 6. The van der Waals surface area contributed by atoms with Gasteiger partial charge in [0, 0.05) is 32.4 Å². The molecule has 1 aromatic rings. The topological polar surface area (TPSA) is 323 Å².